The highest BCUT2D eigenvalue weighted by molar-refractivity contribution is 8.13. The number of amides is 2. The van der Waals surface area contributed by atoms with Gasteiger partial charge in [0.25, 0.3) is 0 Å². The van der Waals surface area contributed by atoms with Gasteiger partial charge in [0.2, 0.25) is 0 Å². The third-order valence-electron chi connectivity index (χ3n) is 5.21. The van der Waals surface area contributed by atoms with Crippen LogP contribution in [-0.4, -0.2) is 86.2 Å². The number of carbonyl (C=O) groups excluding carboxylic acids is 3. The van der Waals surface area contributed by atoms with Crippen LogP contribution < -0.4 is 10.4 Å². The second kappa shape index (κ2) is 13.8. The number of carbonyl (C=O) groups is 3. The highest BCUT2D eigenvalue weighted by atomic mass is 32.2. The van der Waals surface area contributed by atoms with Crippen molar-refractivity contribution in [3.63, 3.8) is 0 Å². The van der Waals surface area contributed by atoms with Crippen LogP contribution in [0.15, 0.2) is 24.6 Å². The maximum absolute atomic E-state index is 13.6. The summed E-state index contributed by atoms with van der Waals surface area (Å²) in [6.07, 6.45) is -0.0193. The van der Waals surface area contributed by atoms with Crippen LogP contribution in [-0.2, 0) is 27.9 Å². The number of nitrogens with zero attached hydrogens (tertiary/aromatic N) is 1. The van der Waals surface area contributed by atoms with E-state index in [1.165, 1.54) is 18.0 Å². The lowest BCUT2D eigenvalue weighted by atomic mass is 10.00. The Labute approximate surface area is 231 Å². The monoisotopic (exact) mass is 595 g/mol. The van der Waals surface area contributed by atoms with Gasteiger partial charge in [0.1, 0.15) is 17.5 Å². The zero-order valence-electron chi connectivity index (χ0n) is 22.4. The maximum atomic E-state index is 13.6. The Bertz CT molecular complexity index is 972. The Morgan fingerprint density at radius 3 is 2.50 bits per heavy atom. The van der Waals surface area contributed by atoms with Crippen molar-refractivity contribution >= 4 is 48.4 Å². The fourth-order valence-corrected chi connectivity index (χ4v) is 7.14. The number of hydrogen-bond acceptors (Lipinski definition) is 11. The van der Waals surface area contributed by atoms with E-state index in [4.69, 9.17) is 13.8 Å². The molecule has 0 saturated carbocycles. The molecule has 0 aliphatic carbocycles. The number of hydrogen-bond donors (Lipinski definition) is 4. The Kier molecular flexibility index (Phi) is 11.9. The largest absolute Gasteiger partial charge is 0.462 e. The van der Waals surface area contributed by atoms with Gasteiger partial charge in [-0.3, -0.25) is 23.5 Å². The Morgan fingerprint density at radius 1 is 1.26 bits per heavy atom. The predicted molar refractivity (Wildman–Crippen MR) is 146 cm³/mol. The fraction of sp³-hybridized carbons (Fsp3) is 0.696. The van der Waals surface area contributed by atoms with E-state index >= 15 is 0 Å². The van der Waals surface area contributed by atoms with Crippen LogP contribution in [0.4, 0.5) is 4.79 Å². The number of rotatable bonds is 12. The number of nitrogens with one attached hydrogen (secondary N) is 2. The lowest BCUT2D eigenvalue weighted by Crippen LogP contribution is -2.48. The van der Waals surface area contributed by atoms with Crippen LogP contribution in [0.3, 0.4) is 0 Å². The quantitative estimate of drug-likeness (QED) is 0.148. The van der Waals surface area contributed by atoms with E-state index in [1.54, 1.807) is 40.7 Å². The molecule has 0 radical (unpaired) electrons. The lowest BCUT2D eigenvalue weighted by Gasteiger charge is -2.30. The third-order valence-corrected chi connectivity index (χ3v) is 9.72. The summed E-state index contributed by atoms with van der Waals surface area (Å²) in [5.74, 6) is -0.473. The van der Waals surface area contributed by atoms with Crippen molar-refractivity contribution in [1.29, 1.82) is 0 Å². The molecule has 216 valence electrons. The molecule has 1 saturated heterocycles. The first-order valence-electron chi connectivity index (χ1n) is 12.1. The van der Waals surface area contributed by atoms with Gasteiger partial charge in [-0.2, -0.15) is 0 Å². The molecular weight excluding hydrogens is 557 g/mol. The molecule has 0 aromatic heterocycles. The molecule has 12 nitrogen and oxygen atoms in total. The summed E-state index contributed by atoms with van der Waals surface area (Å²) in [7, 11) is -4.14. The number of allylic oxidation sites excluding steroid dienone is 1. The fourth-order valence-electron chi connectivity index (χ4n) is 3.19. The Morgan fingerprint density at radius 2 is 1.92 bits per heavy atom. The molecular formula is C23H38N3O9PS2. The highest BCUT2D eigenvalue weighted by Gasteiger charge is 2.47. The van der Waals surface area contributed by atoms with E-state index in [9.17, 15) is 29.2 Å². The van der Waals surface area contributed by atoms with E-state index < -0.39 is 60.1 Å². The van der Waals surface area contributed by atoms with Crippen LogP contribution in [0, 0.1) is 5.41 Å². The molecule has 2 aliphatic heterocycles. The van der Waals surface area contributed by atoms with Gasteiger partial charge in [-0.15, -0.1) is 11.8 Å². The van der Waals surface area contributed by atoms with Gasteiger partial charge in [-0.25, -0.2) is 14.4 Å². The van der Waals surface area contributed by atoms with E-state index in [1.807, 2.05) is 0 Å². The number of thioether (sulfide) groups is 2. The molecule has 4 N–H and O–H groups in total. The van der Waals surface area contributed by atoms with Crippen LogP contribution in [0.25, 0.3) is 0 Å². The summed E-state index contributed by atoms with van der Waals surface area (Å²) in [6.45, 7) is 13.3. The number of aliphatic hydroxyl groups is 2. The zero-order valence-corrected chi connectivity index (χ0v) is 24.9. The van der Waals surface area contributed by atoms with Gasteiger partial charge in [-0.1, -0.05) is 39.1 Å². The van der Waals surface area contributed by atoms with Gasteiger partial charge in [0.05, 0.1) is 30.7 Å². The highest BCUT2D eigenvalue weighted by Crippen LogP contribution is 2.47. The van der Waals surface area contributed by atoms with Crippen molar-refractivity contribution in [2.45, 2.75) is 76.5 Å². The molecule has 0 spiro atoms. The van der Waals surface area contributed by atoms with Crippen molar-refractivity contribution in [2.24, 2.45) is 5.41 Å². The molecule has 0 unspecified atom stereocenters. The topological polar surface area (TPSA) is 164 Å². The minimum absolute atomic E-state index is 0.0661. The van der Waals surface area contributed by atoms with Crippen LogP contribution >= 0.6 is 31.3 Å². The van der Waals surface area contributed by atoms with Crippen molar-refractivity contribution in [3.05, 3.63) is 24.6 Å². The maximum Gasteiger partial charge on any atom is 0.406 e. The van der Waals surface area contributed by atoms with Gasteiger partial charge in [0.15, 0.2) is 5.12 Å². The number of ether oxygens (including phenoxy) is 1. The zero-order chi connectivity index (χ0) is 28.8. The standard InChI is InChI=1S/C23H38N3O9PS2/c1-13(2)35-20(29)15(4)25-36(32,33-10-11-37-21(30)23(5,6)7)34-12-16-17(27)18(28)19(38-16)26-9-8-14(3)24-22(26)31/h8-9,13,15-19,27-28H,3,10-12H2,1-2,4-7H3,(H,24,31)(H,25,32)/t15-,16+,17+,18+,19+,36+/m0/s1. The molecule has 0 aromatic carbocycles. The molecule has 2 rings (SSSR count). The van der Waals surface area contributed by atoms with Crippen molar-refractivity contribution in [3.8, 4) is 0 Å². The molecule has 1 fully saturated rings. The number of esters is 1. The molecule has 0 aromatic rings. The number of urea groups is 1. The summed E-state index contributed by atoms with van der Waals surface area (Å²) < 4.78 is 29.8. The van der Waals surface area contributed by atoms with E-state index in [0.717, 1.165) is 23.5 Å². The summed E-state index contributed by atoms with van der Waals surface area (Å²) >= 11 is 2.09. The molecule has 38 heavy (non-hydrogen) atoms. The van der Waals surface area contributed by atoms with Gasteiger partial charge >= 0.3 is 19.7 Å². The van der Waals surface area contributed by atoms with E-state index in [-0.39, 0.29) is 24.1 Å². The Hall–Kier alpha value is -1.38. The lowest BCUT2D eigenvalue weighted by molar-refractivity contribution is -0.149. The van der Waals surface area contributed by atoms with Crippen LogP contribution in [0.5, 0.6) is 0 Å². The summed E-state index contributed by atoms with van der Waals surface area (Å²) in [5, 5.41) is 24.6. The average Bonchev–Trinajstić information content (AvgIpc) is 3.08. The molecule has 2 amide bonds. The first-order chi connectivity index (χ1) is 17.5. The summed E-state index contributed by atoms with van der Waals surface area (Å²) in [5.41, 5.74) is -0.167. The van der Waals surface area contributed by atoms with Crippen molar-refractivity contribution in [1.82, 2.24) is 15.3 Å². The first kappa shape index (κ1) is 32.8. The summed E-state index contributed by atoms with van der Waals surface area (Å²) in [6, 6.07) is -1.57. The normalized spacial score (nSPS) is 26.3. The third kappa shape index (κ3) is 9.37. The van der Waals surface area contributed by atoms with Crippen molar-refractivity contribution in [2.75, 3.05) is 19.0 Å². The second-order valence-electron chi connectivity index (χ2n) is 10.1. The number of aliphatic hydroxyl groups excluding tert-OH is 2. The van der Waals surface area contributed by atoms with Gasteiger partial charge < -0.3 is 20.3 Å². The molecule has 2 aliphatic rings. The molecule has 2 heterocycles. The summed E-state index contributed by atoms with van der Waals surface area (Å²) in [4.78, 5) is 38.0. The van der Waals surface area contributed by atoms with Gasteiger partial charge in [0, 0.05) is 23.1 Å². The molecule has 15 heteroatoms. The molecule has 0 bridgehead atoms. The minimum atomic E-state index is -4.14. The van der Waals surface area contributed by atoms with Crippen molar-refractivity contribution < 1.29 is 42.9 Å². The minimum Gasteiger partial charge on any atom is -0.462 e. The van der Waals surface area contributed by atoms with E-state index in [2.05, 4.69) is 17.0 Å². The average molecular weight is 596 g/mol. The van der Waals surface area contributed by atoms with E-state index in [0.29, 0.717) is 5.70 Å². The SMILES string of the molecule is C=C1C=CN([C@@H]2S[C@H](CO[P@@](=O)(N[C@@H](C)C(=O)OC(C)C)OCCSC(=O)C(C)(C)C)[C@@H](O)[C@H]2O)C(=O)N1. The molecule has 6 atom stereocenters. The van der Waals surface area contributed by atoms with Crippen LogP contribution in [0.1, 0.15) is 41.5 Å². The smallest absolute Gasteiger partial charge is 0.406 e. The Balaban J connectivity index is 2.07. The van der Waals surface area contributed by atoms with Gasteiger partial charge in [-0.05, 0) is 26.8 Å². The first-order valence-corrected chi connectivity index (χ1v) is 15.5. The van der Waals surface area contributed by atoms with Crippen LogP contribution in [0.2, 0.25) is 0 Å². The predicted octanol–water partition coefficient (Wildman–Crippen LogP) is 2.58. The second-order valence-corrected chi connectivity index (χ2v) is 14.3.